The zero-order chi connectivity index (χ0) is 17.7. The summed E-state index contributed by atoms with van der Waals surface area (Å²) in [5.41, 5.74) is 3.27. The minimum absolute atomic E-state index is 0.0339. The van der Waals surface area contributed by atoms with Crippen LogP contribution in [0.15, 0.2) is 42.5 Å². The molecule has 0 aliphatic carbocycles. The molecular formula is C20H23Cl2NO. The highest BCUT2D eigenvalue weighted by atomic mass is 35.5. The molecule has 2 rings (SSSR count). The number of rotatable bonds is 6. The van der Waals surface area contributed by atoms with Gasteiger partial charge in [-0.3, -0.25) is 4.79 Å². The molecule has 1 atom stereocenters. The van der Waals surface area contributed by atoms with Crippen molar-refractivity contribution in [2.24, 2.45) is 5.92 Å². The smallest absolute Gasteiger partial charge is 0.224 e. The van der Waals surface area contributed by atoms with Gasteiger partial charge in [0.25, 0.3) is 0 Å². The molecule has 0 saturated heterocycles. The predicted molar refractivity (Wildman–Crippen MR) is 102 cm³/mol. The number of carbonyl (C=O) groups excluding carboxylic acids is 1. The van der Waals surface area contributed by atoms with Crippen LogP contribution < -0.4 is 5.32 Å². The number of hydrogen-bond acceptors (Lipinski definition) is 1. The summed E-state index contributed by atoms with van der Waals surface area (Å²) in [6.45, 7) is 6.41. The highest BCUT2D eigenvalue weighted by Gasteiger charge is 2.11. The molecular weight excluding hydrogens is 341 g/mol. The van der Waals surface area contributed by atoms with Crippen LogP contribution in [0.2, 0.25) is 10.0 Å². The van der Waals surface area contributed by atoms with E-state index in [0.717, 1.165) is 17.5 Å². The van der Waals surface area contributed by atoms with Gasteiger partial charge in [-0.25, -0.2) is 0 Å². The van der Waals surface area contributed by atoms with Crippen molar-refractivity contribution in [1.29, 1.82) is 0 Å². The van der Waals surface area contributed by atoms with Crippen molar-refractivity contribution in [1.82, 2.24) is 5.32 Å². The lowest BCUT2D eigenvalue weighted by molar-refractivity contribution is -0.121. The Hall–Kier alpha value is -1.51. The molecule has 0 saturated carbocycles. The summed E-state index contributed by atoms with van der Waals surface area (Å²) in [6, 6.07) is 13.7. The second-order valence-electron chi connectivity index (χ2n) is 6.55. The number of nitrogens with one attached hydrogen (secondary N) is 1. The fraction of sp³-hybridized carbons (Fsp3) is 0.350. The molecule has 0 fully saturated rings. The number of halogens is 2. The molecule has 0 aliphatic rings. The molecule has 2 aromatic rings. The van der Waals surface area contributed by atoms with E-state index >= 15 is 0 Å². The van der Waals surface area contributed by atoms with Crippen LogP contribution in [0, 0.1) is 5.92 Å². The largest absolute Gasteiger partial charge is 0.349 e. The zero-order valence-corrected chi connectivity index (χ0v) is 15.8. The molecule has 128 valence electrons. The fourth-order valence-electron chi connectivity index (χ4n) is 2.62. The van der Waals surface area contributed by atoms with Crippen molar-refractivity contribution < 1.29 is 4.79 Å². The lowest BCUT2D eigenvalue weighted by atomic mass is 10.00. The molecule has 2 aromatic carbocycles. The Morgan fingerprint density at radius 2 is 1.58 bits per heavy atom. The van der Waals surface area contributed by atoms with Gasteiger partial charge in [0.2, 0.25) is 5.91 Å². The van der Waals surface area contributed by atoms with Gasteiger partial charge in [0.15, 0.2) is 0 Å². The Morgan fingerprint density at radius 1 is 0.958 bits per heavy atom. The molecule has 0 spiro atoms. The molecule has 4 heteroatoms. The third-order valence-electron chi connectivity index (χ3n) is 3.85. The molecule has 1 amide bonds. The van der Waals surface area contributed by atoms with Crippen molar-refractivity contribution in [3.8, 4) is 0 Å². The van der Waals surface area contributed by atoms with Gasteiger partial charge in [-0.15, -0.1) is 0 Å². The molecule has 0 radical (unpaired) electrons. The molecule has 0 aliphatic heterocycles. The monoisotopic (exact) mass is 363 g/mol. The quantitative estimate of drug-likeness (QED) is 0.709. The molecule has 24 heavy (non-hydrogen) atoms. The van der Waals surface area contributed by atoms with E-state index in [1.54, 1.807) is 12.1 Å². The first-order chi connectivity index (χ1) is 11.3. The zero-order valence-electron chi connectivity index (χ0n) is 14.3. The first kappa shape index (κ1) is 18.8. The van der Waals surface area contributed by atoms with Crippen LogP contribution in [-0.4, -0.2) is 5.91 Å². The van der Waals surface area contributed by atoms with Gasteiger partial charge >= 0.3 is 0 Å². The fourth-order valence-corrected chi connectivity index (χ4v) is 2.95. The van der Waals surface area contributed by atoms with E-state index in [1.165, 1.54) is 5.56 Å². The molecule has 0 bridgehead atoms. The van der Waals surface area contributed by atoms with Gasteiger partial charge < -0.3 is 5.32 Å². The van der Waals surface area contributed by atoms with Gasteiger partial charge in [0.1, 0.15) is 0 Å². The van der Waals surface area contributed by atoms with E-state index in [9.17, 15) is 4.79 Å². The summed E-state index contributed by atoms with van der Waals surface area (Å²) >= 11 is 11.9. The Morgan fingerprint density at radius 3 is 2.17 bits per heavy atom. The molecule has 0 unspecified atom stereocenters. The number of carbonyl (C=O) groups is 1. The normalized spacial score (nSPS) is 12.2. The van der Waals surface area contributed by atoms with E-state index in [4.69, 9.17) is 23.2 Å². The maximum Gasteiger partial charge on any atom is 0.224 e. The number of amides is 1. The van der Waals surface area contributed by atoms with Crippen LogP contribution in [0.5, 0.6) is 0 Å². The highest BCUT2D eigenvalue weighted by molar-refractivity contribution is 6.42. The van der Waals surface area contributed by atoms with Crippen LogP contribution in [0.25, 0.3) is 0 Å². The van der Waals surface area contributed by atoms with Crippen LogP contribution >= 0.6 is 23.2 Å². The minimum atomic E-state index is -0.0350. The van der Waals surface area contributed by atoms with Gasteiger partial charge in [-0.2, -0.15) is 0 Å². The van der Waals surface area contributed by atoms with Crippen molar-refractivity contribution >= 4 is 29.1 Å². The van der Waals surface area contributed by atoms with Crippen LogP contribution in [0.4, 0.5) is 0 Å². The number of benzene rings is 2. The average Bonchev–Trinajstić information content (AvgIpc) is 2.51. The molecule has 0 heterocycles. The van der Waals surface area contributed by atoms with Gasteiger partial charge in [-0.05, 0) is 48.1 Å². The summed E-state index contributed by atoms with van der Waals surface area (Å²) < 4.78 is 0. The molecule has 2 nitrogen and oxygen atoms in total. The van der Waals surface area contributed by atoms with Gasteiger partial charge in [0.05, 0.1) is 22.5 Å². The molecule has 1 N–H and O–H groups in total. The number of hydrogen-bond donors (Lipinski definition) is 1. The Bertz CT molecular complexity index is 695. The summed E-state index contributed by atoms with van der Waals surface area (Å²) in [6.07, 6.45) is 1.35. The van der Waals surface area contributed by atoms with Crippen molar-refractivity contribution in [2.45, 2.75) is 39.7 Å². The first-order valence-corrected chi connectivity index (χ1v) is 8.93. The Kier molecular flexibility index (Phi) is 6.70. The van der Waals surface area contributed by atoms with E-state index in [2.05, 4.69) is 43.4 Å². The van der Waals surface area contributed by atoms with Gasteiger partial charge in [-0.1, -0.05) is 67.4 Å². The van der Waals surface area contributed by atoms with Crippen LogP contribution in [-0.2, 0) is 17.6 Å². The maximum atomic E-state index is 12.2. The highest BCUT2D eigenvalue weighted by Crippen LogP contribution is 2.23. The standard InChI is InChI=1S/C20H23Cl2NO/c1-13(2)10-15-4-7-17(8-5-15)14(3)23-20(24)12-16-6-9-18(21)19(22)11-16/h4-9,11,13-14H,10,12H2,1-3H3,(H,23,24)/t14-/m0/s1. The van der Waals surface area contributed by atoms with E-state index in [0.29, 0.717) is 16.0 Å². The third-order valence-corrected chi connectivity index (χ3v) is 4.59. The van der Waals surface area contributed by atoms with E-state index in [-0.39, 0.29) is 18.4 Å². The van der Waals surface area contributed by atoms with Crippen LogP contribution in [0.3, 0.4) is 0 Å². The average molecular weight is 364 g/mol. The summed E-state index contributed by atoms with van der Waals surface area (Å²) in [7, 11) is 0. The summed E-state index contributed by atoms with van der Waals surface area (Å²) in [5.74, 6) is 0.603. The lowest BCUT2D eigenvalue weighted by Crippen LogP contribution is -2.28. The predicted octanol–water partition coefficient (Wildman–Crippen LogP) is 5.61. The van der Waals surface area contributed by atoms with Crippen molar-refractivity contribution in [3.05, 3.63) is 69.2 Å². The minimum Gasteiger partial charge on any atom is -0.349 e. The second kappa shape index (κ2) is 8.55. The lowest BCUT2D eigenvalue weighted by Gasteiger charge is -2.15. The van der Waals surface area contributed by atoms with E-state index < -0.39 is 0 Å². The van der Waals surface area contributed by atoms with E-state index in [1.807, 2.05) is 13.0 Å². The summed E-state index contributed by atoms with van der Waals surface area (Å²) in [4.78, 5) is 12.2. The van der Waals surface area contributed by atoms with Crippen LogP contribution in [0.1, 0.15) is 43.5 Å². The van der Waals surface area contributed by atoms with Gasteiger partial charge in [0, 0.05) is 0 Å². The summed E-state index contributed by atoms with van der Waals surface area (Å²) in [5, 5.41) is 3.99. The maximum absolute atomic E-state index is 12.2. The SMILES string of the molecule is CC(C)Cc1ccc([C@H](C)NC(=O)Cc2ccc(Cl)c(Cl)c2)cc1. The second-order valence-corrected chi connectivity index (χ2v) is 7.37. The van der Waals surface area contributed by atoms with Crippen molar-refractivity contribution in [3.63, 3.8) is 0 Å². The Balaban J connectivity index is 1.94. The Labute approximate surface area is 154 Å². The first-order valence-electron chi connectivity index (χ1n) is 8.17. The third kappa shape index (κ3) is 5.54. The molecule has 0 aromatic heterocycles. The topological polar surface area (TPSA) is 29.1 Å². The van der Waals surface area contributed by atoms with Crippen molar-refractivity contribution in [2.75, 3.05) is 0 Å².